The maximum atomic E-state index is 13.0. The Hall–Kier alpha value is -2.40. The van der Waals surface area contributed by atoms with Crippen LogP contribution in [-0.4, -0.2) is 20.7 Å². The van der Waals surface area contributed by atoms with Crippen LogP contribution < -0.4 is 9.46 Å². The third-order valence-corrected chi connectivity index (χ3v) is 4.58. The minimum Gasteiger partial charge on any atom is -0.406 e. The predicted molar refractivity (Wildman–Crippen MR) is 92.6 cm³/mol. The number of amides is 1. The Bertz CT molecular complexity index is 973. The zero-order valence-electron chi connectivity index (χ0n) is 13.1. The molecule has 144 valence electrons. The van der Waals surface area contributed by atoms with Crippen LogP contribution in [0.25, 0.3) is 6.08 Å². The summed E-state index contributed by atoms with van der Waals surface area (Å²) in [5.74, 6) is -2.06. The summed E-state index contributed by atoms with van der Waals surface area (Å²) in [5.41, 5.74) is 0.160. The maximum absolute atomic E-state index is 13.0. The number of alkyl halides is 3. The summed E-state index contributed by atoms with van der Waals surface area (Å²) in [6, 6.07) is 7.51. The number of rotatable bonds is 5. The minimum atomic E-state index is -4.83. The van der Waals surface area contributed by atoms with Gasteiger partial charge in [-0.1, -0.05) is 12.1 Å². The van der Waals surface area contributed by atoms with Crippen molar-refractivity contribution >= 4 is 37.9 Å². The van der Waals surface area contributed by atoms with Crippen LogP contribution >= 0.6 is 15.9 Å². The van der Waals surface area contributed by atoms with Crippen LogP contribution in [0.15, 0.2) is 52.3 Å². The van der Waals surface area contributed by atoms with E-state index in [9.17, 15) is 30.8 Å². The van der Waals surface area contributed by atoms with Crippen LogP contribution in [0.4, 0.5) is 17.6 Å². The summed E-state index contributed by atoms with van der Waals surface area (Å²) >= 11 is 2.95. The van der Waals surface area contributed by atoms with Crippen LogP contribution in [0, 0.1) is 5.82 Å². The highest BCUT2D eigenvalue weighted by Crippen LogP contribution is 2.23. The molecule has 1 N–H and O–H groups in total. The summed E-state index contributed by atoms with van der Waals surface area (Å²) in [4.78, 5) is 12.0. The van der Waals surface area contributed by atoms with E-state index in [0.717, 1.165) is 36.4 Å². The van der Waals surface area contributed by atoms with Crippen LogP contribution in [-0.2, 0) is 10.0 Å². The first kappa shape index (κ1) is 20.9. The van der Waals surface area contributed by atoms with E-state index in [-0.39, 0.29) is 15.6 Å². The van der Waals surface area contributed by atoms with E-state index in [1.807, 2.05) is 0 Å². The molecule has 0 radical (unpaired) electrons. The Kier molecular flexibility index (Phi) is 6.26. The smallest absolute Gasteiger partial charge is 0.406 e. The van der Waals surface area contributed by atoms with Gasteiger partial charge in [0, 0.05) is 4.47 Å². The number of sulfonamides is 1. The molecule has 11 heteroatoms. The average Bonchev–Trinajstić information content (AvgIpc) is 2.52. The molecule has 0 heterocycles. The monoisotopic (exact) mass is 467 g/mol. The van der Waals surface area contributed by atoms with Crippen LogP contribution in [0.2, 0.25) is 0 Å². The average molecular weight is 468 g/mol. The zero-order valence-corrected chi connectivity index (χ0v) is 15.5. The second-order valence-electron chi connectivity index (χ2n) is 5.02. The maximum Gasteiger partial charge on any atom is 0.573 e. The lowest BCUT2D eigenvalue weighted by molar-refractivity contribution is -0.274. The van der Waals surface area contributed by atoms with Crippen molar-refractivity contribution in [2.45, 2.75) is 6.36 Å². The second-order valence-corrected chi connectivity index (χ2v) is 7.44. The van der Waals surface area contributed by atoms with Gasteiger partial charge in [0.25, 0.3) is 15.9 Å². The van der Waals surface area contributed by atoms with Crippen LogP contribution in [0.1, 0.15) is 15.9 Å². The Labute approximate surface area is 159 Å². The lowest BCUT2D eigenvalue weighted by atomic mass is 10.2. The van der Waals surface area contributed by atoms with Gasteiger partial charge < -0.3 is 4.74 Å². The largest absolute Gasteiger partial charge is 0.573 e. The molecule has 0 saturated heterocycles. The fourth-order valence-electron chi connectivity index (χ4n) is 1.84. The Morgan fingerprint density at radius 2 is 1.74 bits per heavy atom. The molecule has 0 spiro atoms. The third-order valence-electron chi connectivity index (χ3n) is 2.96. The summed E-state index contributed by atoms with van der Waals surface area (Å²) in [6.45, 7) is 0. The quantitative estimate of drug-likeness (QED) is 0.668. The molecule has 0 aliphatic heterocycles. The van der Waals surface area contributed by atoms with Gasteiger partial charge in [0.15, 0.2) is 0 Å². The van der Waals surface area contributed by atoms with E-state index in [1.165, 1.54) is 12.1 Å². The van der Waals surface area contributed by atoms with Gasteiger partial charge in [0.1, 0.15) is 11.6 Å². The standard InChI is InChI=1S/C16H10BrF4NO4S/c17-14-9-11(18)3-6-13(14)15(23)22-27(24,25)8-7-10-1-4-12(5-2-10)26-16(19,20)21/h1-9H,(H,22,23). The number of carbonyl (C=O) groups is 1. The molecule has 0 bridgehead atoms. The third kappa shape index (κ3) is 6.68. The predicted octanol–water partition coefficient (Wildman–Crippen LogP) is 4.22. The molecule has 0 fully saturated rings. The van der Waals surface area contributed by atoms with E-state index < -0.39 is 33.9 Å². The van der Waals surface area contributed by atoms with Crippen LogP contribution in [0.5, 0.6) is 5.75 Å². The molecule has 0 aromatic heterocycles. The first-order chi connectivity index (χ1) is 12.5. The Morgan fingerprint density at radius 1 is 1.11 bits per heavy atom. The van der Waals surface area contributed by atoms with Gasteiger partial charge in [0.2, 0.25) is 0 Å². The highest BCUT2D eigenvalue weighted by Gasteiger charge is 2.30. The van der Waals surface area contributed by atoms with E-state index in [2.05, 4.69) is 20.7 Å². The van der Waals surface area contributed by atoms with Crippen molar-refractivity contribution in [3.05, 3.63) is 69.3 Å². The van der Waals surface area contributed by atoms with Gasteiger partial charge in [-0.25, -0.2) is 17.5 Å². The first-order valence-electron chi connectivity index (χ1n) is 7.01. The fourth-order valence-corrected chi connectivity index (χ4v) is 3.14. The fraction of sp³-hybridized carbons (Fsp3) is 0.0625. The number of ether oxygens (including phenoxy) is 1. The van der Waals surface area contributed by atoms with Crippen molar-refractivity contribution in [1.29, 1.82) is 0 Å². The van der Waals surface area contributed by atoms with Crippen molar-refractivity contribution in [1.82, 2.24) is 4.72 Å². The molecule has 2 aromatic rings. The van der Waals surface area contributed by atoms with Gasteiger partial charge in [-0.3, -0.25) is 4.79 Å². The van der Waals surface area contributed by atoms with Crippen molar-refractivity contribution in [2.75, 3.05) is 0 Å². The van der Waals surface area contributed by atoms with Gasteiger partial charge in [0.05, 0.1) is 11.0 Å². The van der Waals surface area contributed by atoms with Crippen molar-refractivity contribution in [3.8, 4) is 5.75 Å². The highest BCUT2D eigenvalue weighted by atomic mass is 79.9. The Morgan fingerprint density at radius 3 is 2.30 bits per heavy atom. The van der Waals surface area contributed by atoms with Gasteiger partial charge in [-0.05, 0) is 57.9 Å². The van der Waals surface area contributed by atoms with E-state index in [0.29, 0.717) is 5.41 Å². The number of benzene rings is 2. The lowest BCUT2D eigenvalue weighted by Crippen LogP contribution is -2.29. The summed E-state index contributed by atoms with van der Waals surface area (Å²) in [7, 11) is -4.20. The number of hydrogen-bond donors (Lipinski definition) is 1. The summed E-state index contributed by atoms with van der Waals surface area (Å²) in [6.07, 6.45) is -3.76. The minimum absolute atomic E-state index is 0.0689. The molecule has 0 aliphatic carbocycles. The first-order valence-corrected chi connectivity index (χ1v) is 9.35. The van der Waals surface area contributed by atoms with Crippen molar-refractivity contribution in [3.63, 3.8) is 0 Å². The second kappa shape index (κ2) is 8.09. The molecule has 2 rings (SSSR count). The van der Waals surface area contributed by atoms with Gasteiger partial charge >= 0.3 is 6.36 Å². The number of nitrogens with one attached hydrogen (secondary N) is 1. The van der Waals surface area contributed by atoms with Crippen molar-refractivity contribution < 1.29 is 35.5 Å². The highest BCUT2D eigenvalue weighted by molar-refractivity contribution is 9.10. The number of halogens is 5. The van der Waals surface area contributed by atoms with Gasteiger partial charge in [-0.15, -0.1) is 13.2 Å². The van der Waals surface area contributed by atoms with Gasteiger partial charge in [-0.2, -0.15) is 0 Å². The van der Waals surface area contributed by atoms with Crippen LogP contribution in [0.3, 0.4) is 0 Å². The molecule has 2 aromatic carbocycles. The Balaban J connectivity index is 2.08. The number of carbonyl (C=O) groups excluding carboxylic acids is 1. The molecule has 0 aliphatic rings. The van der Waals surface area contributed by atoms with E-state index >= 15 is 0 Å². The normalized spacial score (nSPS) is 12.2. The molecule has 0 saturated carbocycles. The molecule has 0 atom stereocenters. The SMILES string of the molecule is O=C(NS(=O)(=O)C=Cc1ccc(OC(F)(F)F)cc1)c1ccc(F)cc1Br. The number of hydrogen-bond acceptors (Lipinski definition) is 4. The van der Waals surface area contributed by atoms with Crippen molar-refractivity contribution in [2.24, 2.45) is 0 Å². The molecule has 1 amide bonds. The molecule has 27 heavy (non-hydrogen) atoms. The topological polar surface area (TPSA) is 72.5 Å². The molecular weight excluding hydrogens is 458 g/mol. The van der Waals surface area contributed by atoms with E-state index in [4.69, 9.17) is 0 Å². The lowest BCUT2D eigenvalue weighted by Gasteiger charge is -2.08. The molecule has 0 unspecified atom stereocenters. The summed E-state index contributed by atoms with van der Waals surface area (Å²) in [5, 5.41) is 0.669. The zero-order chi connectivity index (χ0) is 20.2. The molecular formula is C16H10BrF4NO4S. The van der Waals surface area contributed by atoms with E-state index in [1.54, 1.807) is 4.72 Å². The molecule has 5 nitrogen and oxygen atoms in total. The summed E-state index contributed by atoms with van der Waals surface area (Å²) < 4.78 is 78.7.